The van der Waals surface area contributed by atoms with Crippen LogP contribution in [0.15, 0.2) is 47.2 Å². The van der Waals surface area contributed by atoms with Crippen LogP contribution in [0.1, 0.15) is 30.4 Å². The number of nitrogens with zero attached hydrogens (tertiary/aromatic N) is 2. The van der Waals surface area contributed by atoms with Crippen LogP contribution in [0.25, 0.3) is 21.5 Å². The van der Waals surface area contributed by atoms with E-state index in [1.165, 1.54) is 11.3 Å². The van der Waals surface area contributed by atoms with Crippen LogP contribution in [0, 0.1) is 0 Å². The van der Waals surface area contributed by atoms with Gasteiger partial charge in [0.25, 0.3) is 5.91 Å². The van der Waals surface area contributed by atoms with Crippen LogP contribution in [0.4, 0.5) is 5.13 Å². The van der Waals surface area contributed by atoms with Crippen LogP contribution < -0.4 is 10.1 Å². The van der Waals surface area contributed by atoms with Gasteiger partial charge in [0.15, 0.2) is 5.13 Å². The monoisotopic (exact) mass is 397 g/mol. The molecule has 4 aromatic rings. The first-order valence-corrected chi connectivity index (χ1v) is 10.3. The van der Waals surface area contributed by atoms with Crippen molar-refractivity contribution in [3.8, 4) is 17.0 Å². The Morgan fingerprint density at radius 3 is 2.67 bits per heavy atom. The van der Waals surface area contributed by atoms with E-state index in [0.29, 0.717) is 10.8 Å². The van der Waals surface area contributed by atoms with Gasteiger partial charge in [-0.05, 0) is 55.6 Å². The SMILES string of the molecule is COc1ccc(-c2csc(NC(=O)c3cc4sccc4n3C(C)C)n2)cc1. The minimum Gasteiger partial charge on any atom is -0.497 e. The van der Waals surface area contributed by atoms with E-state index in [0.717, 1.165) is 27.2 Å². The number of aromatic nitrogens is 2. The molecular weight excluding hydrogens is 378 g/mol. The molecule has 3 aromatic heterocycles. The highest BCUT2D eigenvalue weighted by atomic mass is 32.1. The molecular formula is C20H19N3O2S2. The summed E-state index contributed by atoms with van der Waals surface area (Å²) in [6, 6.07) is 11.9. The van der Waals surface area contributed by atoms with Crippen molar-refractivity contribution in [3.63, 3.8) is 0 Å². The number of fused-ring (bicyclic) bond motifs is 1. The summed E-state index contributed by atoms with van der Waals surface area (Å²) in [5.74, 6) is 0.666. The second-order valence-electron chi connectivity index (χ2n) is 6.38. The molecule has 0 fully saturated rings. The third-order valence-electron chi connectivity index (χ3n) is 4.32. The van der Waals surface area contributed by atoms with Gasteiger partial charge in [-0.25, -0.2) is 4.98 Å². The van der Waals surface area contributed by atoms with Crippen LogP contribution in [0.2, 0.25) is 0 Å². The average Bonchev–Trinajstić information content (AvgIpc) is 3.36. The van der Waals surface area contributed by atoms with E-state index in [-0.39, 0.29) is 11.9 Å². The topological polar surface area (TPSA) is 56.1 Å². The van der Waals surface area contributed by atoms with Crippen molar-refractivity contribution in [2.75, 3.05) is 12.4 Å². The molecule has 0 aliphatic carbocycles. The summed E-state index contributed by atoms with van der Waals surface area (Å²) in [4.78, 5) is 17.4. The third-order valence-corrected chi connectivity index (χ3v) is 5.93. The molecule has 1 amide bonds. The normalized spacial score (nSPS) is 11.3. The molecule has 0 atom stereocenters. The molecule has 0 aliphatic heterocycles. The molecule has 0 saturated heterocycles. The largest absolute Gasteiger partial charge is 0.497 e. The molecule has 27 heavy (non-hydrogen) atoms. The van der Waals surface area contributed by atoms with Gasteiger partial charge in [-0.3, -0.25) is 10.1 Å². The average molecular weight is 398 g/mol. The Morgan fingerprint density at radius 1 is 1.19 bits per heavy atom. The number of hydrogen-bond donors (Lipinski definition) is 1. The van der Waals surface area contributed by atoms with Gasteiger partial charge in [0.1, 0.15) is 11.4 Å². The summed E-state index contributed by atoms with van der Waals surface area (Å²) in [5, 5.41) is 7.52. The Hall–Kier alpha value is -2.64. The van der Waals surface area contributed by atoms with E-state index in [1.54, 1.807) is 18.4 Å². The molecule has 0 saturated carbocycles. The van der Waals surface area contributed by atoms with Crippen molar-refractivity contribution >= 4 is 43.9 Å². The zero-order valence-corrected chi connectivity index (χ0v) is 16.9. The number of carbonyl (C=O) groups excluding carboxylic acids is 1. The van der Waals surface area contributed by atoms with Gasteiger partial charge in [-0.1, -0.05) is 0 Å². The van der Waals surface area contributed by atoms with Gasteiger partial charge in [0, 0.05) is 17.0 Å². The maximum Gasteiger partial charge on any atom is 0.274 e. The van der Waals surface area contributed by atoms with Gasteiger partial charge in [0.05, 0.1) is 23.0 Å². The number of nitrogens with one attached hydrogen (secondary N) is 1. The lowest BCUT2D eigenvalue weighted by Crippen LogP contribution is -2.18. The Bertz CT molecular complexity index is 1090. The maximum absolute atomic E-state index is 12.9. The maximum atomic E-state index is 12.9. The highest BCUT2D eigenvalue weighted by Gasteiger charge is 2.19. The van der Waals surface area contributed by atoms with Gasteiger partial charge in [0.2, 0.25) is 0 Å². The first kappa shape index (κ1) is 17.8. The molecule has 1 aromatic carbocycles. The fourth-order valence-electron chi connectivity index (χ4n) is 3.06. The Morgan fingerprint density at radius 2 is 1.96 bits per heavy atom. The van der Waals surface area contributed by atoms with Crippen molar-refractivity contribution in [3.05, 3.63) is 52.9 Å². The summed E-state index contributed by atoms with van der Waals surface area (Å²) >= 11 is 3.06. The molecule has 3 heterocycles. The number of ether oxygens (including phenoxy) is 1. The highest BCUT2D eigenvalue weighted by Crippen LogP contribution is 2.30. The molecule has 0 unspecified atom stereocenters. The van der Waals surface area contributed by atoms with E-state index in [4.69, 9.17) is 4.74 Å². The van der Waals surface area contributed by atoms with E-state index >= 15 is 0 Å². The zero-order chi connectivity index (χ0) is 19.0. The second kappa shape index (κ2) is 7.17. The smallest absolute Gasteiger partial charge is 0.274 e. The number of benzene rings is 1. The summed E-state index contributed by atoms with van der Waals surface area (Å²) in [5.41, 5.74) is 3.57. The van der Waals surface area contributed by atoms with E-state index in [2.05, 4.69) is 34.8 Å². The molecule has 7 heteroatoms. The second-order valence-corrected chi connectivity index (χ2v) is 8.19. The Kier molecular flexibility index (Phi) is 4.72. The predicted octanol–water partition coefficient (Wildman–Crippen LogP) is 5.67. The van der Waals surface area contributed by atoms with Crippen LogP contribution >= 0.6 is 22.7 Å². The third kappa shape index (κ3) is 3.36. The summed E-state index contributed by atoms with van der Waals surface area (Å²) in [6.07, 6.45) is 0. The van der Waals surface area contributed by atoms with Gasteiger partial charge < -0.3 is 9.30 Å². The fourth-order valence-corrected chi connectivity index (χ4v) is 4.59. The zero-order valence-electron chi connectivity index (χ0n) is 15.2. The van der Waals surface area contributed by atoms with E-state index in [1.807, 2.05) is 41.1 Å². The lowest BCUT2D eigenvalue weighted by molar-refractivity contribution is 0.101. The first-order chi connectivity index (χ1) is 13.1. The summed E-state index contributed by atoms with van der Waals surface area (Å²) in [7, 11) is 1.64. The highest BCUT2D eigenvalue weighted by molar-refractivity contribution is 7.17. The quantitative estimate of drug-likeness (QED) is 0.472. The molecule has 138 valence electrons. The fraction of sp³-hybridized carbons (Fsp3) is 0.200. The minimum absolute atomic E-state index is 0.136. The number of thiazole rings is 1. The first-order valence-electron chi connectivity index (χ1n) is 8.56. The standard InChI is InChI=1S/C20H19N3O2S2/c1-12(2)23-16-8-9-26-18(16)10-17(23)19(24)22-20-21-15(11-27-20)13-4-6-14(25-3)7-5-13/h4-12H,1-3H3,(H,21,22,24). The number of methoxy groups -OCH3 is 1. The van der Waals surface area contributed by atoms with Crippen LogP contribution in [-0.2, 0) is 0 Å². The van der Waals surface area contributed by atoms with Crippen molar-refractivity contribution in [1.29, 1.82) is 0 Å². The molecule has 1 N–H and O–H groups in total. The van der Waals surface area contributed by atoms with E-state index in [9.17, 15) is 4.79 Å². The molecule has 0 bridgehead atoms. The van der Waals surface area contributed by atoms with Crippen LogP contribution in [0.3, 0.4) is 0 Å². The predicted molar refractivity (Wildman–Crippen MR) is 112 cm³/mol. The lowest BCUT2D eigenvalue weighted by Gasteiger charge is -2.13. The Labute approximate surface area is 165 Å². The van der Waals surface area contributed by atoms with Crippen molar-refractivity contribution < 1.29 is 9.53 Å². The van der Waals surface area contributed by atoms with Crippen molar-refractivity contribution in [2.24, 2.45) is 0 Å². The van der Waals surface area contributed by atoms with Gasteiger partial charge in [-0.2, -0.15) is 0 Å². The molecule has 5 nitrogen and oxygen atoms in total. The number of amides is 1. The minimum atomic E-state index is -0.136. The number of thiophene rings is 1. The van der Waals surface area contributed by atoms with E-state index < -0.39 is 0 Å². The van der Waals surface area contributed by atoms with Crippen LogP contribution in [-0.4, -0.2) is 22.6 Å². The summed E-state index contributed by atoms with van der Waals surface area (Å²) in [6.45, 7) is 4.16. The van der Waals surface area contributed by atoms with Crippen molar-refractivity contribution in [2.45, 2.75) is 19.9 Å². The van der Waals surface area contributed by atoms with Gasteiger partial charge in [-0.15, -0.1) is 22.7 Å². The number of hydrogen-bond acceptors (Lipinski definition) is 5. The number of rotatable bonds is 5. The Balaban J connectivity index is 1.58. The molecule has 4 rings (SSSR count). The number of anilines is 1. The van der Waals surface area contributed by atoms with Crippen LogP contribution in [0.5, 0.6) is 5.75 Å². The number of carbonyl (C=O) groups is 1. The van der Waals surface area contributed by atoms with Crippen molar-refractivity contribution in [1.82, 2.24) is 9.55 Å². The van der Waals surface area contributed by atoms with Gasteiger partial charge >= 0.3 is 0 Å². The molecule has 0 radical (unpaired) electrons. The lowest BCUT2D eigenvalue weighted by atomic mass is 10.2. The molecule has 0 aliphatic rings. The molecule has 0 spiro atoms. The summed E-state index contributed by atoms with van der Waals surface area (Å²) < 4.78 is 8.37.